The van der Waals surface area contributed by atoms with Crippen LogP contribution in [0.15, 0.2) is 18.2 Å². The van der Waals surface area contributed by atoms with Crippen molar-refractivity contribution in [2.75, 3.05) is 25.1 Å². The van der Waals surface area contributed by atoms with Crippen LogP contribution in [0.25, 0.3) is 0 Å². The Morgan fingerprint density at radius 3 is 2.95 bits per heavy atom. The Morgan fingerprint density at radius 2 is 2.10 bits per heavy atom. The molecule has 0 aliphatic carbocycles. The smallest absolute Gasteiger partial charge is 0.262 e. The first-order valence-electron chi connectivity index (χ1n) is 7.17. The third kappa shape index (κ3) is 4.51. The van der Waals surface area contributed by atoms with Gasteiger partial charge in [-0.05, 0) is 37.1 Å². The molecule has 3 N–H and O–H groups in total. The van der Waals surface area contributed by atoms with Gasteiger partial charge >= 0.3 is 0 Å². The molecule has 0 bridgehead atoms. The number of benzene rings is 1. The van der Waals surface area contributed by atoms with E-state index in [9.17, 15) is 4.79 Å². The standard InChI is InChI=1S/C15H22N2O3/c18-8-4-2-1-3-7-16-10-12-5-6-14-13(9-12)17-15(19)11-20-14/h5-6,9,16,18H,1-4,7-8,10-11H2,(H,17,19). The lowest BCUT2D eigenvalue weighted by Gasteiger charge is -2.18. The Hall–Kier alpha value is -1.59. The van der Waals surface area contributed by atoms with E-state index >= 15 is 0 Å². The van der Waals surface area contributed by atoms with Crippen LogP contribution in [0.5, 0.6) is 5.75 Å². The largest absolute Gasteiger partial charge is 0.482 e. The zero-order valence-corrected chi connectivity index (χ0v) is 11.7. The molecular weight excluding hydrogens is 256 g/mol. The van der Waals surface area contributed by atoms with Crippen molar-refractivity contribution in [1.29, 1.82) is 0 Å². The lowest BCUT2D eigenvalue weighted by molar-refractivity contribution is -0.118. The van der Waals surface area contributed by atoms with E-state index in [0.717, 1.165) is 55.8 Å². The molecule has 0 radical (unpaired) electrons. The normalized spacial score (nSPS) is 13.6. The van der Waals surface area contributed by atoms with E-state index in [-0.39, 0.29) is 19.1 Å². The number of aliphatic hydroxyl groups is 1. The molecule has 5 heteroatoms. The second-order valence-corrected chi connectivity index (χ2v) is 4.98. The second kappa shape index (κ2) is 7.87. The van der Waals surface area contributed by atoms with Crippen molar-refractivity contribution in [3.8, 4) is 5.75 Å². The summed E-state index contributed by atoms with van der Waals surface area (Å²) in [6.07, 6.45) is 4.23. The van der Waals surface area contributed by atoms with E-state index in [0.29, 0.717) is 0 Å². The molecule has 2 rings (SSSR count). The van der Waals surface area contributed by atoms with Gasteiger partial charge in [0.05, 0.1) is 5.69 Å². The van der Waals surface area contributed by atoms with Crippen LogP contribution < -0.4 is 15.4 Å². The van der Waals surface area contributed by atoms with Crippen molar-refractivity contribution in [2.45, 2.75) is 32.2 Å². The summed E-state index contributed by atoms with van der Waals surface area (Å²) in [5, 5.41) is 14.9. The van der Waals surface area contributed by atoms with Gasteiger partial charge in [-0.3, -0.25) is 4.79 Å². The highest BCUT2D eigenvalue weighted by atomic mass is 16.5. The number of hydrogen-bond donors (Lipinski definition) is 3. The Kier molecular flexibility index (Phi) is 5.83. The van der Waals surface area contributed by atoms with Crippen LogP contribution in [0.4, 0.5) is 5.69 Å². The highest BCUT2D eigenvalue weighted by Gasteiger charge is 2.15. The maximum absolute atomic E-state index is 11.3. The maximum atomic E-state index is 11.3. The van der Waals surface area contributed by atoms with Crippen LogP contribution in [0, 0.1) is 0 Å². The Labute approximate surface area is 119 Å². The molecule has 0 fully saturated rings. The van der Waals surface area contributed by atoms with E-state index < -0.39 is 0 Å². The molecular formula is C15H22N2O3. The quantitative estimate of drug-likeness (QED) is 0.632. The second-order valence-electron chi connectivity index (χ2n) is 4.98. The molecule has 0 atom stereocenters. The number of nitrogens with one attached hydrogen (secondary N) is 2. The first-order valence-corrected chi connectivity index (χ1v) is 7.17. The number of amides is 1. The summed E-state index contributed by atoms with van der Waals surface area (Å²) in [5.41, 5.74) is 1.88. The monoisotopic (exact) mass is 278 g/mol. The molecule has 0 saturated heterocycles. The lowest BCUT2D eigenvalue weighted by atomic mass is 10.1. The zero-order chi connectivity index (χ0) is 14.2. The fourth-order valence-corrected chi connectivity index (χ4v) is 2.19. The van der Waals surface area contributed by atoms with Gasteiger partial charge in [0, 0.05) is 13.2 Å². The molecule has 0 saturated carbocycles. The predicted octanol–water partition coefficient (Wildman–Crippen LogP) is 1.66. The summed E-state index contributed by atoms with van der Waals surface area (Å²) in [5.74, 6) is 0.629. The fraction of sp³-hybridized carbons (Fsp3) is 0.533. The van der Waals surface area contributed by atoms with E-state index in [1.54, 1.807) is 0 Å². The highest BCUT2D eigenvalue weighted by Crippen LogP contribution is 2.28. The molecule has 1 aliphatic rings. The van der Waals surface area contributed by atoms with Gasteiger partial charge in [0.25, 0.3) is 5.91 Å². The van der Waals surface area contributed by atoms with Gasteiger partial charge in [-0.15, -0.1) is 0 Å². The van der Waals surface area contributed by atoms with Gasteiger partial charge in [0.2, 0.25) is 0 Å². The minimum absolute atomic E-state index is 0.0957. The molecule has 1 heterocycles. The van der Waals surface area contributed by atoms with Crippen LogP contribution >= 0.6 is 0 Å². The summed E-state index contributed by atoms with van der Waals surface area (Å²) < 4.78 is 5.32. The lowest BCUT2D eigenvalue weighted by Crippen LogP contribution is -2.25. The molecule has 1 amide bonds. The van der Waals surface area contributed by atoms with Gasteiger partial charge in [-0.2, -0.15) is 0 Å². The number of carbonyl (C=O) groups excluding carboxylic acids is 1. The minimum Gasteiger partial charge on any atom is -0.482 e. The van der Waals surface area contributed by atoms with E-state index in [2.05, 4.69) is 10.6 Å². The van der Waals surface area contributed by atoms with Gasteiger partial charge in [-0.1, -0.05) is 18.9 Å². The van der Waals surface area contributed by atoms with Crippen molar-refractivity contribution in [2.24, 2.45) is 0 Å². The van der Waals surface area contributed by atoms with Crippen LogP contribution in [0.2, 0.25) is 0 Å². The topological polar surface area (TPSA) is 70.6 Å². The number of ether oxygens (including phenoxy) is 1. The molecule has 1 aromatic carbocycles. The molecule has 0 spiro atoms. The highest BCUT2D eigenvalue weighted by molar-refractivity contribution is 5.95. The van der Waals surface area contributed by atoms with Gasteiger partial charge < -0.3 is 20.5 Å². The third-order valence-corrected chi connectivity index (χ3v) is 3.27. The molecule has 1 aliphatic heterocycles. The summed E-state index contributed by atoms with van der Waals surface area (Å²) >= 11 is 0. The van der Waals surface area contributed by atoms with Crippen LogP contribution in [0.3, 0.4) is 0 Å². The number of rotatable bonds is 8. The summed E-state index contributed by atoms with van der Waals surface area (Å²) in [4.78, 5) is 11.3. The van der Waals surface area contributed by atoms with Crippen LogP contribution in [-0.4, -0.2) is 30.8 Å². The fourth-order valence-electron chi connectivity index (χ4n) is 2.19. The van der Waals surface area contributed by atoms with Crippen molar-refractivity contribution in [3.05, 3.63) is 23.8 Å². The molecule has 20 heavy (non-hydrogen) atoms. The number of fused-ring (bicyclic) bond motifs is 1. The molecule has 5 nitrogen and oxygen atoms in total. The van der Waals surface area contributed by atoms with Crippen LogP contribution in [-0.2, 0) is 11.3 Å². The maximum Gasteiger partial charge on any atom is 0.262 e. The zero-order valence-electron chi connectivity index (χ0n) is 11.7. The first kappa shape index (κ1) is 14.8. The third-order valence-electron chi connectivity index (χ3n) is 3.27. The Morgan fingerprint density at radius 1 is 1.25 bits per heavy atom. The molecule has 110 valence electrons. The van der Waals surface area contributed by atoms with Crippen molar-refractivity contribution >= 4 is 11.6 Å². The van der Waals surface area contributed by atoms with Crippen LogP contribution in [0.1, 0.15) is 31.2 Å². The van der Waals surface area contributed by atoms with Crippen molar-refractivity contribution in [1.82, 2.24) is 5.32 Å². The Bertz CT molecular complexity index is 449. The summed E-state index contributed by atoms with van der Waals surface area (Å²) in [6.45, 7) is 2.13. The van der Waals surface area contributed by atoms with E-state index in [1.807, 2.05) is 18.2 Å². The number of hydrogen-bond acceptors (Lipinski definition) is 4. The SMILES string of the molecule is O=C1COc2ccc(CNCCCCCCO)cc2N1. The predicted molar refractivity (Wildman–Crippen MR) is 77.8 cm³/mol. The molecule has 0 aromatic heterocycles. The number of carbonyl (C=O) groups is 1. The average Bonchev–Trinajstić information content (AvgIpc) is 2.46. The van der Waals surface area contributed by atoms with Crippen molar-refractivity contribution < 1.29 is 14.6 Å². The molecule has 0 unspecified atom stereocenters. The first-order chi connectivity index (χ1) is 9.79. The summed E-state index contributed by atoms with van der Waals surface area (Å²) in [7, 11) is 0. The van der Waals surface area contributed by atoms with Crippen molar-refractivity contribution in [3.63, 3.8) is 0 Å². The van der Waals surface area contributed by atoms with Gasteiger partial charge in [0.15, 0.2) is 6.61 Å². The minimum atomic E-state index is -0.105. The van der Waals surface area contributed by atoms with Gasteiger partial charge in [-0.25, -0.2) is 0 Å². The van der Waals surface area contributed by atoms with Gasteiger partial charge in [0.1, 0.15) is 5.75 Å². The number of unbranched alkanes of at least 4 members (excludes halogenated alkanes) is 3. The Balaban J connectivity index is 1.71. The average molecular weight is 278 g/mol. The summed E-state index contributed by atoms with van der Waals surface area (Å²) in [6, 6.07) is 5.85. The number of anilines is 1. The van der Waals surface area contributed by atoms with E-state index in [1.165, 1.54) is 0 Å². The van der Waals surface area contributed by atoms with E-state index in [4.69, 9.17) is 9.84 Å². The number of aliphatic hydroxyl groups excluding tert-OH is 1. The molecule has 1 aromatic rings.